The number of carbonyl (C=O) groups is 1. The van der Waals surface area contributed by atoms with Gasteiger partial charge in [-0.25, -0.2) is 0 Å². The SMILES string of the molecule is CCc1ccc([N+](=O)[O-])c(CC)c1C(=O)Cl. The van der Waals surface area contributed by atoms with Gasteiger partial charge in [-0.15, -0.1) is 0 Å². The molecule has 16 heavy (non-hydrogen) atoms. The molecule has 0 heterocycles. The van der Waals surface area contributed by atoms with Crippen molar-refractivity contribution in [3.05, 3.63) is 38.9 Å². The Balaban J connectivity index is 3.56. The van der Waals surface area contributed by atoms with Gasteiger partial charge in [-0.2, -0.15) is 0 Å². The Morgan fingerprint density at radius 3 is 2.38 bits per heavy atom. The molecule has 1 rings (SSSR count). The monoisotopic (exact) mass is 241 g/mol. The molecule has 0 aliphatic heterocycles. The van der Waals surface area contributed by atoms with Gasteiger partial charge >= 0.3 is 0 Å². The van der Waals surface area contributed by atoms with Crippen molar-refractivity contribution in [1.82, 2.24) is 0 Å². The molecule has 0 N–H and O–H groups in total. The fourth-order valence-corrected chi connectivity index (χ4v) is 1.99. The number of aryl methyl sites for hydroxylation is 1. The summed E-state index contributed by atoms with van der Waals surface area (Å²) in [5, 5.41) is 10.2. The molecule has 0 bridgehead atoms. The number of hydrogen-bond donors (Lipinski definition) is 0. The Morgan fingerprint density at radius 2 is 2.00 bits per heavy atom. The van der Waals surface area contributed by atoms with Gasteiger partial charge in [0.1, 0.15) is 0 Å². The van der Waals surface area contributed by atoms with Crippen LogP contribution in [-0.4, -0.2) is 10.2 Å². The molecule has 0 aromatic heterocycles. The van der Waals surface area contributed by atoms with E-state index in [9.17, 15) is 14.9 Å². The fraction of sp³-hybridized carbons (Fsp3) is 0.364. The number of nitro benzene ring substituents is 1. The van der Waals surface area contributed by atoms with E-state index in [0.717, 1.165) is 5.56 Å². The molecule has 5 heteroatoms. The molecule has 86 valence electrons. The highest BCUT2D eigenvalue weighted by Gasteiger charge is 2.22. The molecule has 4 nitrogen and oxygen atoms in total. The number of halogens is 1. The minimum absolute atomic E-state index is 0.0382. The van der Waals surface area contributed by atoms with E-state index in [0.29, 0.717) is 24.0 Å². The van der Waals surface area contributed by atoms with Crippen LogP contribution in [0.25, 0.3) is 0 Å². The molecule has 0 fully saturated rings. The topological polar surface area (TPSA) is 60.2 Å². The lowest BCUT2D eigenvalue weighted by Crippen LogP contribution is -2.06. The summed E-state index contributed by atoms with van der Waals surface area (Å²) in [5.74, 6) is 0. The first kappa shape index (κ1) is 12.6. The highest BCUT2D eigenvalue weighted by atomic mass is 35.5. The smallest absolute Gasteiger partial charge is 0.273 e. The van der Waals surface area contributed by atoms with Gasteiger partial charge in [-0.1, -0.05) is 19.9 Å². The summed E-state index contributed by atoms with van der Waals surface area (Å²) in [5.41, 5.74) is 1.43. The molecule has 0 amide bonds. The molecule has 0 spiro atoms. The number of carbonyl (C=O) groups excluding carboxylic acids is 1. The maximum atomic E-state index is 11.3. The van der Waals surface area contributed by atoms with Gasteiger partial charge in [0.15, 0.2) is 0 Å². The predicted octanol–water partition coefficient (Wildman–Crippen LogP) is 3.10. The van der Waals surface area contributed by atoms with Gasteiger partial charge in [0, 0.05) is 17.2 Å². The second-order valence-corrected chi connectivity index (χ2v) is 3.68. The predicted molar refractivity (Wildman–Crippen MR) is 62.0 cm³/mol. The molecule has 1 aromatic carbocycles. The van der Waals surface area contributed by atoms with Gasteiger partial charge in [-0.3, -0.25) is 14.9 Å². The second-order valence-electron chi connectivity index (χ2n) is 3.34. The van der Waals surface area contributed by atoms with Crippen LogP contribution in [0.2, 0.25) is 0 Å². The van der Waals surface area contributed by atoms with E-state index in [4.69, 9.17) is 11.6 Å². The van der Waals surface area contributed by atoms with Gasteiger partial charge in [0.25, 0.3) is 10.9 Å². The highest BCUT2D eigenvalue weighted by Crippen LogP contribution is 2.27. The zero-order valence-corrected chi connectivity index (χ0v) is 9.87. The third kappa shape index (κ3) is 2.22. The van der Waals surface area contributed by atoms with E-state index in [1.54, 1.807) is 13.0 Å². The fourth-order valence-electron chi connectivity index (χ4n) is 1.75. The minimum atomic E-state index is -0.627. The van der Waals surface area contributed by atoms with Crippen LogP contribution in [0.15, 0.2) is 12.1 Å². The normalized spacial score (nSPS) is 10.2. The molecule has 0 aliphatic rings. The lowest BCUT2D eigenvalue weighted by molar-refractivity contribution is -0.385. The molecule has 1 aromatic rings. The van der Waals surface area contributed by atoms with Crippen LogP contribution < -0.4 is 0 Å². The summed E-state index contributed by atoms with van der Waals surface area (Å²) in [6.07, 6.45) is 1.04. The first-order valence-corrected chi connectivity index (χ1v) is 5.39. The number of nitro groups is 1. The van der Waals surface area contributed by atoms with Crippen molar-refractivity contribution in [2.45, 2.75) is 26.7 Å². The average molecular weight is 242 g/mol. The summed E-state index contributed by atoms with van der Waals surface area (Å²) in [4.78, 5) is 21.6. The number of benzene rings is 1. The zero-order valence-electron chi connectivity index (χ0n) is 9.12. The van der Waals surface area contributed by atoms with Crippen molar-refractivity contribution < 1.29 is 9.72 Å². The van der Waals surface area contributed by atoms with Crippen LogP contribution in [0.5, 0.6) is 0 Å². The Morgan fingerprint density at radius 1 is 1.38 bits per heavy atom. The number of rotatable bonds is 4. The first-order chi connectivity index (χ1) is 7.52. The van der Waals surface area contributed by atoms with Crippen LogP contribution in [0.3, 0.4) is 0 Å². The Labute approximate surface area is 98.4 Å². The maximum Gasteiger partial charge on any atom is 0.273 e. The molecule has 0 radical (unpaired) electrons. The highest BCUT2D eigenvalue weighted by molar-refractivity contribution is 6.68. The third-order valence-corrected chi connectivity index (χ3v) is 2.69. The third-order valence-electron chi connectivity index (χ3n) is 2.50. The molecule has 0 aliphatic carbocycles. The first-order valence-electron chi connectivity index (χ1n) is 5.01. The lowest BCUT2D eigenvalue weighted by Gasteiger charge is -2.09. The van der Waals surface area contributed by atoms with Gasteiger partial charge in [0.05, 0.1) is 4.92 Å². The van der Waals surface area contributed by atoms with Crippen LogP contribution in [0, 0.1) is 10.1 Å². The van der Waals surface area contributed by atoms with Gasteiger partial charge in [0.2, 0.25) is 0 Å². The van der Waals surface area contributed by atoms with E-state index in [1.165, 1.54) is 6.07 Å². The summed E-state index contributed by atoms with van der Waals surface area (Å²) in [7, 11) is 0. The van der Waals surface area contributed by atoms with Crippen molar-refractivity contribution in [2.75, 3.05) is 0 Å². The molecular formula is C11H12ClNO3. The quantitative estimate of drug-likeness (QED) is 0.462. The van der Waals surface area contributed by atoms with Crippen LogP contribution in [0.4, 0.5) is 5.69 Å². The Kier molecular flexibility index (Phi) is 4.01. The molecule has 0 atom stereocenters. The summed E-state index contributed by atoms with van der Waals surface area (Å²) < 4.78 is 0. The van der Waals surface area contributed by atoms with Gasteiger partial charge < -0.3 is 0 Å². The largest absolute Gasteiger partial charge is 0.276 e. The second kappa shape index (κ2) is 5.07. The van der Waals surface area contributed by atoms with Crippen molar-refractivity contribution in [3.8, 4) is 0 Å². The molecular weight excluding hydrogens is 230 g/mol. The standard InChI is InChI=1S/C11H12ClNO3/c1-3-7-5-6-9(13(15)16)8(4-2)10(7)11(12)14/h5-6H,3-4H2,1-2H3. The van der Waals surface area contributed by atoms with Crippen molar-refractivity contribution in [3.63, 3.8) is 0 Å². The van der Waals surface area contributed by atoms with E-state index in [1.807, 2.05) is 6.92 Å². The number of hydrogen-bond acceptors (Lipinski definition) is 3. The van der Waals surface area contributed by atoms with Crippen molar-refractivity contribution >= 4 is 22.5 Å². The van der Waals surface area contributed by atoms with Crippen molar-refractivity contribution in [2.24, 2.45) is 0 Å². The summed E-state index contributed by atoms with van der Waals surface area (Å²) >= 11 is 5.49. The van der Waals surface area contributed by atoms with E-state index < -0.39 is 10.2 Å². The lowest BCUT2D eigenvalue weighted by atomic mass is 9.97. The van der Waals surface area contributed by atoms with E-state index >= 15 is 0 Å². The van der Waals surface area contributed by atoms with E-state index in [-0.39, 0.29) is 5.69 Å². The molecule has 0 saturated carbocycles. The van der Waals surface area contributed by atoms with Crippen LogP contribution in [0.1, 0.15) is 35.3 Å². The molecule has 0 unspecified atom stereocenters. The van der Waals surface area contributed by atoms with Crippen molar-refractivity contribution in [1.29, 1.82) is 0 Å². The minimum Gasteiger partial charge on any atom is -0.276 e. The van der Waals surface area contributed by atoms with Crippen LogP contribution >= 0.6 is 11.6 Å². The number of nitrogens with zero attached hydrogens (tertiary/aromatic N) is 1. The Hall–Kier alpha value is -1.42. The van der Waals surface area contributed by atoms with Gasteiger partial charge in [-0.05, 0) is 30.0 Å². The Bertz CT molecular complexity index is 443. The van der Waals surface area contributed by atoms with Crippen LogP contribution in [-0.2, 0) is 12.8 Å². The maximum absolute atomic E-state index is 11.3. The average Bonchev–Trinajstić information content (AvgIpc) is 2.26. The summed E-state index contributed by atoms with van der Waals surface area (Å²) in [6.45, 7) is 3.65. The summed E-state index contributed by atoms with van der Waals surface area (Å²) in [6, 6.07) is 3.02. The molecule has 0 saturated heterocycles. The van der Waals surface area contributed by atoms with E-state index in [2.05, 4.69) is 0 Å². The zero-order chi connectivity index (χ0) is 12.3.